The number of rotatable bonds is 4. The van der Waals surface area contributed by atoms with Crippen molar-refractivity contribution in [1.82, 2.24) is 15.8 Å². The molecule has 17 heavy (non-hydrogen) atoms. The topological polar surface area (TPSA) is 44.4 Å². The highest BCUT2D eigenvalue weighted by molar-refractivity contribution is 5.81. The molecule has 0 spiro atoms. The average Bonchev–Trinajstić information content (AvgIpc) is 2.30. The molecule has 96 valence electrons. The fourth-order valence-corrected chi connectivity index (χ4v) is 2.25. The Kier molecular flexibility index (Phi) is 5.46. The second-order valence-corrected chi connectivity index (χ2v) is 4.81. The van der Waals surface area contributed by atoms with E-state index >= 15 is 0 Å². The molecule has 4 nitrogen and oxygen atoms in total. The lowest BCUT2D eigenvalue weighted by molar-refractivity contribution is -0.125. The van der Waals surface area contributed by atoms with Crippen molar-refractivity contribution in [1.29, 1.82) is 0 Å². The Bertz CT molecular complexity index is 288. The molecule has 1 heterocycles. The van der Waals surface area contributed by atoms with Gasteiger partial charge in [0.25, 0.3) is 0 Å². The van der Waals surface area contributed by atoms with Crippen molar-refractivity contribution in [3.63, 3.8) is 0 Å². The highest BCUT2D eigenvalue weighted by Crippen LogP contribution is 2.20. The SMILES string of the molecule is C#CCNC(=O)C(C)NN1C(C)CCCC1C. The summed E-state index contributed by atoms with van der Waals surface area (Å²) >= 11 is 0. The number of hydrogen-bond acceptors (Lipinski definition) is 3. The van der Waals surface area contributed by atoms with Gasteiger partial charge in [-0.15, -0.1) is 6.42 Å². The summed E-state index contributed by atoms with van der Waals surface area (Å²) in [7, 11) is 0. The van der Waals surface area contributed by atoms with E-state index in [1.54, 1.807) is 0 Å². The Balaban J connectivity index is 2.46. The molecule has 0 saturated carbocycles. The monoisotopic (exact) mass is 237 g/mol. The summed E-state index contributed by atoms with van der Waals surface area (Å²) in [5, 5.41) is 4.89. The third kappa shape index (κ3) is 4.03. The zero-order valence-electron chi connectivity index (χ0n) is 11.0. The minimum absolute atomic E-state index is 0.0482. The summed E-state index contributed by atoms with van der Waals surface area (Å²) in [6.45, 7) is 6.53. The standard InChI is InChI=1S/C13H23N3O/c1-5-9-14-13(17)12(4)15-16-10(2)7-6-8-11(16)3/h1,10-12,15H,6-9H2,2-4H3,(H,14,17). The summed E-state index contributed by atoms with van der Waals surface area (Å²) in [4.78, 5) is 11.7. The van der Waals surface area contributed by atoms with Crippen LogP contribution in [0.5, 0.6) is 0 Å². The molecule has 0 aromatic rings. The van der Waals surface area contributed by atoms with Crippen LogP contribution >= 0.6 is 0 Å². The number of carbonyl (C=O) groups excluding carboxylic acids is 1. The van der Waals surface area contributed by atoms with Gasteiger partial charge in [-0.2, -0.15) is 0 Å². The van der Waals surface area contributed by atoms with E-state index in [-0.39, 0.29) is 18.5 Å². The van der Waals surface area contributed by atoms with Gasteiger partial charge in [0.15, 0.2) is 0 Å². The molecule has 1 rings (SSSR count). The normalized spacial score (nSPS) is 27.2. The second-order valence-electron chi connectivity index (χ2n) is 4.81. The summed E-state index contributed by atoms with van der Waals surface area (Å²) in [5.74, 6) is 2.35. The van der Waals surface area contributed by atoms with Crippen molar-refractivity contribution in [2.24, 2.45) is 0 Å². The molecular formula is C13H23N3O. The number of carbonyl (C=O) groups is 1. The predicted molar refractivity (Wildman–Crippen MR) is 69.1 cm³/mol. The first-order valence-corrected chi connectivity index (χ1v) is 6.32. The highest BCUT2D eigenvalue weighted by atomic mass is 16.2. The molecule has 0 bridgehead atoms. The van der Waals surface area contributed by atoms with Crippen LogP contribution in [0.2, 0.25) is 0 Å². The van der Waals surface area contributed by atoms with Gasteiger partial charge in [-0.3, -0.25) is 4.79 Å². The van der Waals surface area contributed by atoms with Gasteiger partial charge >= 0.3 is 0 Å². The van der Waals surface area contributed by atoms with E-state index in [2.05, 4.69) is 35.5 Å². The van der Waals surface area contributed by atoms with Crippen molar-refractivity contribution >= 4 is 5.91 Å². The molecule has 3 atom stereocenters. The Morgan fingerprint density at radius 1 is 1.47 bits per heavy atom. The van der Waals surface area contributed by atoms with Gasteiger partial charge < -0.3 is 5.32 Å². The van der Waals surface area contributed by atoms with Crippen molar-refractivity contribution < 1.29 is 4.79 Å². The molecule has 0 radical (unpaired) electrons. The summed E-state index contributed by atoms with van der Waals surface area (Å²) in [6.07, 6.45) is 8.73. The third-order valence-corrected chi connectivity index (χ3v) is 3.29. The predicted octanol–water partition coefficient (Wildman–Crippen LogP) is 0.892. The number of piperidine rings is 1. The molecule has 1 fully saturated rings. The van der Waals surface area contributed by atoms with Gasteiger partial charge in [0.05, 0.1) is 12.6 Å². The van der Waals surface area contributed by atoms with E-state index < -0.39 is 0 Å². The maximum Gasteiger partial charge on any atom is 0.238 e. The molecule has 0 aromatic heterocycles. The van der Waals surface area contributed by atoms with E-state index in [1.807, 2.05) is 6.92 Å². The van der Waals surface area contributed by atoms with E-state index in [9.17, 15) is 4.79 Å². The number of amides is 1. The van der Waals surface area contributed by atoms with Crippen LogP contribution in [-0.2, 0) is 4.79 Å². The van der Waals surface area contributed by atoms with Gasteiger partial charge in [-0.25, -0.2) is 10.4 Å². The largest absolute Gasteiger partial charge is 0.344 e. The van der Waals surface area contributed by atoms with Gasteiger partial charge in [0, 0.05) is 12.1 Å². The van der Waals surface area contributed by atoms with Crippen molar-refractivity contribution in [2.45, 2.75) is 58.2 Å². The lowest BCUT2D eigenvalue weighted by Crippen LogP contribution is -2.58. The van der Waals surface area contributed by atoms with E-state index in [1.165, 1.54) is 19.3 Å². The van der Waals surface area contributed by atoms with Gasteiger partial charge in [0.2, 0.25) is 5.91 Å². The van der Waals surface area contributed by atoms with Crippen LogP contribution in [0, 0.1) is 12.3 Å². The third-order valence-electron chi connectivity index (χ3n) is 3.29. The molecule has 1 amide bonds. The maximum atomic E-state index is 11.7. The lowest BCUT2D eigenvalue weighted by atomic mass is 10.00. The first-order chi connectivity index (χ1) is 8.06. The molecule has 1 saturated heterocycles. The molecule has 0 aromatic carbocycles. The Morgan fingerprint density at radius 3 is 2.59 bits per heavy atom. The van der Waals surface area contributed by atoms with Gasteiger partial charge in [-0.1, -0.05) is 12.3 Å². The molecule has 4 heteroatoms. The fourth-order valence-electron chi connectivity index (χ4n) is 2.25. The Morgan fingerprint density at radius 2 is 2.06 bits per heavy atom. The fraction of sp³-hybridized carbons (Fsp3) is 0.769. The van der Waals surface area contributed by atoms with E-state index in [0.29, 0.717) is 12.1 Å². The Labute approximate surface area is 104 Å². The second kappa shape index (κ2) is 6.63. The molecule has 1 aliphatic rings. The van der Waals surface area contributed by atoms with Gasteiger partial charge in [0.1, 0.15) is 0 Å². The number of hydrazine groups is 1. The van der Waals surface area contributed by atoms with Crippen LogP contribution < -0.4 is 10.7 Å². The molecule has 2 N–H and O–H groups in total. The molecule has 1 aliphatic heterocycles. The quantitative estimate of drug-likeness (QED) is 0.714. The van der Waals surface area contributed by atoms with Crippen LogP contribution in [0.3, 0.4) is 0 Å². The Hall–Kier alpha value is -1.05. The van der Waals surface area contributed by atoms with Crippen molar-refractivity contribution in [2.75, 3.05) is 6.54 Å². The van der Waals surface area contributed by atoms with Crippen LogP contribution in [0.25, 0.3) is 0 Å². The van der Waals surface area contributed by atoms with Crippen molar-refractivity contribution in [3.05, 3.63) is 0 Å². The molecular weight excluding hydrogens is 214 g/mol. The summed E-state index contributed by atoms with van der Waals surface area (Å²) < 4.78 is 0. The van der Waals surface area contributed by atoms with Gasteiger partial charge in [-0.05, 0) is 33.6 Å². The van der Waals surface area contributed by atoms with E-state index in [4.69, 9.17) is 6.42 Å². The average molecular weight is 237 g/mol. The minimum atomic E-state index is -0.244. The van der Waals surface area contributed by atoms with Crippen LogP contribution in [0.15, 0.2) is 0 Å². The van der Waals surface area contributed by atoms with Crippen molar-refractivity contribution in [3.8, 4) is 12.3 Å². The first-order valence-electron chi connectivity index (χ1n) is 6.32. The number of nitrogens with one attached hydrogen (secondary N) is 2. The number of nitrogens with zero attached hydrogens (tertiary/aromatic N) is 1. The minimum Gasteiger partial charge on any atom is -0.344 e. The van der Waals surface area contributed by atoms with E-state index in [0.717, 1.165) is 0 Å². The molecule has 3 unspecified atom stereocenters. The molecule has 0 aliphatic carbocycles. The first kappa shape index (κ1) is 14.0. The maximum absolute atomic E-state index is 11.7. The number of terminal acetylenes is 1. The summed E-state index contributed by atoms with van der Waals surface area (Å²) in [6, 6.07) is 0.703. The zero-order valence-corrected chi connectivity index (χ0v) is 11.0. The smallest absolute Gasteiger partial charge is 0.238 e. The number of hydrogen-bond donors (Lipinski definition) is 2. The lowest BCUT2D eigenvalue weighted by Gasteiger charge is -2.40. The highest BCUT2D eigenvalue weighted by Gasteiger charge is 2.27. The summed E-state index contributed by atoms with van der Waals surface area (Å²) in [5.41, 5.74) is 3.28. The zero-order chi connectivity index (χ0) is 12.8. The van der Waals surface area contributed by atoms with Crippen LogP contribution in [0.1, 0.15) is 40.0 Å². The van der Waals surface area contributed by atoms with Crippen LogP contribution in [0.4, 0.5) is 0 Å². The van der Waals surface area contributed by atoms with Crippen LogP contribution in [-0.4, -0.2) is 35.6 Å².